The van der Waals surface area contributed by atoms with Gasteiger partial charge in [0.25, 0.3) is 5.92 Å². The Balaban J connectivity index is 0.00000156. The van der Waals surface area contributed by atoms with Gasteiger partial charge in [0.2, 0.25) is 0 Å². The summed E-state index contributed by atoms with van der Waals surface area (Å²) >= 11 is 0. The fraction of sp³-hybridized carbons (Fsp3) is 0.286. The number of nitrogens with zero attached hydrogens (tertiary/aromatic N) is 1. The number of carbonyl (C=O) groups is 1. The maximum atomic E-state index is 13.6. The van der Waals surface area contributed by atoms with Crippen LogP contribution >= 0.6 is 0 Å². The second kappa shape index (κ2) is 8.66. The van der Waals surface area contributed by atoms with Crippen molar-refractivity contribution in [1.29, 1.82) is 0 Å². The Morgan fingerprint density at radius 2 is 1.88 bits per heavy atom. The van der Waals surface area contributed by atoms with Gasteiger partial charge in [-0.3, -0.25) is 4.98 Å². The van der Waals surface area contributed by atoms with E-state index in [1.165, 1.54) is 18.3 Å². The van der Waals surface area contributed by atoms with Crippen LogP contribution in [0.1, 0.15) is 15.9 Å². The zero-order chi connectivity index (χ0) is 17.0. The molecule has 11 heteroatoms. The first-order chi connectivity index (χ1) is 10.8. The summed E-state index contributed by atoms with van der Waals surface area (Å²) in [5.41, 5.74) is -0.169. The molecule has 0 saturated heterocycles. The second-order valence-corrected chi connectivity index (χ2v) is 5.27. The van der Waals surface area contributed by atoms with E-state index in [-0.39, 0.29) is 119 Å². The number of benzene rings is 1. The molecule has 1 aromatic heterocycles. The minimum absolute atomic E-state index is 0. The van der Waals surface area contributed by atoms with Crippen molar-refractivity contribution in [2.75, 3.05) is 7.11 Å². The Bertz CT molecular complexity index is 811. The molecule has 1 aromatic carbocycles. The van der Waals surface area contributed by atoms with Crippen LogP contribution in [0.2, 0.25) is 0 Å². The summed E-state index contributed by atoms with van der Waals surface area (Å²) in [6.45, 7) is 0. The molecule has 5 nitrogen and oxygen atoms in total. The predicted octanol–water partition coefficient (Wildman–Crippen LogP) is -6.00. The van der Waals surface area contributed by atoms with Crippen LogP contribution in [-0.2, 0) is 10.1 Å². The molecule has 0 aliphatic heterocycles. The molecule has 2 unspecified atom stereocenters. The Morgan fingerprint density at radius 1 is 1.28 bits per heavy atom. The number of pyridine rings is 1. The maximum absolute atomic E-state index is 13.6. The van der Waals surface area contributed by atoms with Crippen molar-refractivity contribution >= 4 is 24.0 Å². The second-order valence-electron chi connectivity index (χ2n) is 5.27. The number of hydrogen-bond donors (Lipinski definition) is 0. The number of fused-ring (bicyclic) bond motifs is 1. The van der Waals surface area contributed by atoms with Gasteiger partial charge < -0.3 is 14.8 Å². The van der Waals surface area contributed by atoms with E-state index in [4.69, 9.17) is 0 Å². The summed E-state index contributed by atoms with van der Waals surface area (Å²) in [4.78, 5) is 15.7. The normalized spacial score (nSPS) is 23.2. The van der Waals surface area contributed by atoms with E-state index in [1.807, 2.05) is 0 Å². The molecule has 0 bridgehead atoms. The molecule has 120 valence electrons. The van der Waals surface area contributed by atoms with E-state index in [0.717, 1.165) is 19.2 Å². The van der Waals surface area contributed by atoms with Crippen LogP contribution in [0.5, 0.6) is 0 Å². The molecule has 1 saturated carbocycles. The Morgan fingerprint density at radius 3 is 2.36 bits per heavy atom. The minimum atomic E-state index is -4.04. The van der Waals surface area contributed by atoms with Crippen molar-refractivity contribution in [3.05, 3.63) is 41.6 Å². The van der Waals surface area contributed by atoms with Crippen LogP contribution < -0.4 is 113 Å². The number of alkyl halides is 3. The van der Waals surface area contributed by atoms with E-state index in [2.05, 4.69) is 9.72 Å². The molecule has 1 heterocycles. The molecule has 0 radical (unpaired) electrons. The summed E-state index contributed by atoms with van der Waals surface area (Å²) in [7, 11) is -1.96. The summed E-state index contributed by atoms with van der Waals surface area (Å²) in [6, 6.07) is 4.65. The van der Waals surface area contributed by atoms with Crippen LogP contribution in [0.4, 0.5) is 13.2 Å². The van der Waals surface area contributed by atoms with Crippen LogP contribution in [-0.4, -0.2) is 37.3 Å². The molecule has 1 fully saturated rings. The third-order valence-corrected chi connectivity index (χ3v) is 4.18. The molecule has 0 spiro atoms. The largest absolute Gasteiger partial charge is 1.00 e. The number of aromatic nitrogens is 1. The Hall–Kier alpha value is 1.15. The molecule has 2 atom stereocenters. The van der Waals surface area contributed by atoms with Gasteiger partial charge in [-0.1, -0.05) is 13.2 Å². The van der Waals surface area contributed by atoms with Crippen LogP contribution in [0.25, 0.3) is 10.9 Å². The summed E-state index contributed by atoms with van der Waals surface area (Å²) in [5.74, 6) is -4.79. The van der Waals surface area contributed by atoms with E-state index >= 15 is 0 Å². The first-order valence-corrected chi connectivity index (χ1v) is 6.59. The maximum Gasteiger partial charge on any atom is 1.00 e. The van der Waals surface area contributed by atoms with Gasteiger partial charge in [0.05, 0.1) is 18.2 Å². The molecule has 25 heavy (non-hydrogen) atoms. The Kier molecular flexibility index (Phi) is 8.38. The zero-order valence-electron chi connectivity index (χ0n) is 13.8. The third kappa shape index (κ3) is 3.60. The number of methoxy groups -OCH3 is 1. The van der Waals surface area contributed by atoms with Crippen LogP contribution in [0.3, 0.4) is 0 Å². The monoisotopic (exact) mass is 401 g/mol. The molecule has 1 aliphatic rings. The van der Waals surface area contributed by atoms with Crippen molar-refractivity contribution in [2.24, 2.45) is 0 Å². The van der Waals surface area contributed by atoms with Gasteiger partial charge in [-0.15, -0.1) is 0 Å². The van der Waals surface area contributed by atoms with E-state index in [9.17, 15) is 28.0 Å². The van der Waals surface area contributed by atoms with Gasteiger partial charge >= 0.3 is 109 Å². The fourth-order valence-corrected chi connectivity index (χ4v) is 2.82. The van der Waals surface area contributed by atoms with E-state index in [1.54, 1.807) is 0 Å². The van der Waals surface area contributed by atoms with Gasteiger partial charge in [-0.05, 0) is 23.8 Å². The van der Waals surface area contributed by atoms with Gasteiger partial charge in [0.1, 0.15) is 0 Å². The number of rotatable bonds is 3. The number of halogens is 3. The molecular weight excluding hydrogens is 392 g/mol. The Labute approximate surface area is 226 Å². The third-order valence-electron chi connectivity index (χ3n) is 4.18. The van der Waals surface area contributed by atoms with Crippen LogP contribution in [0, 0.1) is 0 Å². The van der Waals surface area contributed by atoms with Crippen molar-refractivity contribution in [3.8, 4) is 0 Å². The van der Waals surface area contributed by atoms with Crippen molar-refractivity contribution in [3.63, 3.8) is 0 Å². The standard InChI is InChI=1S/C14H9BF3NO4.2K/c1-23-11(20)8-4-5-19-10-3-2-7(6-9(8)10)13(15(21)22)12(16)14(13,17)18;;/h2-6,12H,1H3;;/q-2;2*+1. The minimum Gasteiger partial charge on any atom is -0.892 e. The molecular formula is C14H9BF3K2NO4. The van der Waals surface area contributed by atoms with Crippen molar-refractivity contribution < 1.29 is 136 Å². The number of hydrogen-bond acceptors (Lipinski definition) is 5. The smallest absolute Gasteiger partial charge is 0.892 e. The quantitative estimate of drug-likeness (QED) is 0.378. The van der Waals surface area contributed by atoms with Crippen molar-refractivity contribution in [1.82, 2.24) is 4.98 Å². The summed E-state index contributed by atoms with van der Waals surface area (Å²) in [5, 5.41) is 19.7. The summed E-state index contributed by atoms with van der Waals surface area (Å²) in [6.07, 6.45) is -1.54. The molecule has 1 aliphatic carbocycles. The zero-order valence-corrected chi connectivity index (χ0v) is 20.0. The molecule has 0 N–H and O–H groups in total. The topological polar surface area (TPSA) is 85.3 Å². The number of carbonyl (C=O) groups excluding carboxylic acids is 1. The van der Waals surface area contributed by atoms with Crippen molar-refractivity contribution in [2.45, 2.75) is 17.4 Å². The first-order valence-electron chi connectivity index (χ1n) is 6.59. The van der Waals surface area contributed by atoms with E-state index < -0.39 is 36.1 Å². The van der Waals surface area contributed by atoms with Gasteiger partial charge in [-0.25, -0.2) is 18.0 Å². The molecule has 3 rings (SSSR count). The number of ether oxygens (including phenoxy) is 1. The fourth-order valence-electron chi connectivity index (χ4n) is 2.82. The summed E-state index contributed by atoms with van der Waals surface area (Å²) < 4.78 is 45.4. The SMILES string of the molecule is COC(=O)c1ccnc2ccc(C3(B([O-])[O-])C(F)C3(F)F)cc12.[K+].[K+]. The van der Waals surface area contributed by atoms with Crippen LogP contribution in [0.15, 0.2) is 30.5 Å². The predicted molar refractivity (Wildman–Crippen MR) is 70.4 cm³/mol. The van der Waals surface area contributed by atoms with E-state index in [0.29, 0.717) is 0 Å². The van der Waals surface area contributed by atoms with Gasteiger partial charge in [-0.2, -0.15) is 0 Å². The average Bonchev–Trinajstić information content (AvgIpc) is 2.99. The first kappa shape index (κ1) is 24.2. The molecule has 2 aromatic rings. The number of esters is 1. The molecule has 0 amide bonds. The van der Waals surface area contributed by atoms with Gasteiger partial charge in [0, 0.05) is 16.9 Å². The van der Waals surface area contributed by atoms with Gasteiger partial charge in [0.15, 0.2) is 6.17 Å². The average molecular weight is 401 g/mol.